The Morgan fingerprint density at radius 3 is 2.62 bits per heavy atom. The Balaban J connectivity index is 3.82. The summed E-state index contributed by atoms with van der Waals surface area (Å²) in [5.41, 5.74) is 0. The average molecular weight is 206 g/mol. The lowest BCUT2D eigenvalue weighted by molar-refractivity contribution is -0.117. The molecule has 0 saturated carbocycles. The SMILES string of the molecule is C=CC(=O)NC(C)CCS(=O)(=O)[O-]. The molecule has 0 rings (SSSR count). The van der Waals surface area contributed by atoms with Gasteiger partial charge in [0.25, 0.3) is 0 Å². The summed E-state index contributed by atoms with van der Waals surface area (Å²) in [5.74, 6) is -0.846. The van der Waals surface area contributed by atoms with E-state index in [0.29, 0.717) is 0 Å². The van der Waals surface area contributed by atoms with E-state index in [2.05, 4.69) is 11.9 Å². The predicted octanol–water partition coefficient (Wildman–Crippen LogP) is -0.388. The van der Waals surface area contributed by atoms with Gasteiger partial charge in [-0.05, 0) is 19.4 Å². The molecule has 0 spiro atoms. The molecule has 0 heterocycles. The van der Waals surface area contributed by atoms with Gasteiger partial charge in [0.15, 0.2) is 0 Å². The quantitative estimate of drug-likeness (QED) is 0.490. The summed E-state index contributed by atoms with van der Waals surface area (Å²) in [6.07, 6.45) is 1.20. The maximum Gasteiger partial charge on any atom is 0.243 e. The van der Waals surface area contributed by atoms with Crippen LogP contribution in [-0.2, 0) is 14.9 Å². The maximum absolute atomic E-state index is 10.7. The van der Waals surface area contributed by atoms with Crippen LogP contribution >= 0.6 is 0 Å². The Labute approximate surface area is 77.6 Å². The molecule has 13 heavy (non-hydrogen) atoms. The topological polar surface area (TPSA) is 86.3 Å². The third-order valence-electron chi connectivity index (χ3n) is 1.37. The van der Waals surface area contributed by atoms with Gasteiger partial charge in [0.05, 0.1) is 10.1 Å². The predicted molar refractivity (Wildman–Crippen MR) is 47.0 cm³/mol. The molecule has 0 aromatic heterocycles. The highest BCUT2D eigenvalue weighted by molar-refractivity contribution is 7.85. The molecule has 1 N–H and O–H groups in total. The van der Waals surface area contributed by atoms with Gasteiger partial charge in [-0.3, -0.25) is 4.79 Å². The van der Waals surface area contributed by atoms with Crippen LogP contribution in [0.5, 0.6) is 0 Å². The van der Waals surface area contributed by atoms with Gasteiger partial charge in [0.2, 0.25) is 5.91 Å². The van der Waals surface area contributed by atoms with Crippen molar-refractivity contribution in [3.05, 3.63) is 12.7 Å². The fourth-order valence-electron chi connectivity index (χ4n) is 0.695. The smallest absolute Gasteiger partial charge is 0.243 e. The Morgan fingerprint density at radius 1 is 1.69 bits per heavy atom. The molecule has 0 aliphatic heterocycles. The van der Waals surface area contributed by atoms with E-state index in [1.807, 2.05) is 0 Å². The minimum atomic E-state index is -4.19. The molecule has 0 fully saturated rings. The van der Waals surface area contributed by atoms with Gasteiger partial charge >= 0.3 is 0 Å². The van der Waals surface area contributed by atoms with Crippen LogP contribution in [0.15, 0.2) is 12.7 Å². The summed E-state index contributed by atoms with van der Waals surface area (Å²) in [6.45, 7) is 4.85. The summed E-state index contributed by atoms with van der Waals surface area (Å²) in [6, 6.07) is -0.339. The number of hydrogen-bond acceptors (Lipinski definition) is 4. The largest absolute Gasteiger partial charge is 0.748 e. The molecule has 5 nitrogen and oxygen atoms in total. The second-order valence-corrected chi connectivity index (χ2v) is 4.19. The van der Waals surface area contributed by atoms with E-state index in [4.69, 9.17) is 0 Å². The second kappa shape index (κ2) is 4.98. The van der Waals surface area contributed by atoms with E-state index in [1.165, 1.54) is 0 Å². The summed E-state index contributed by atoms with van der Waals surface area (Å²) >= 11 is 0. The lowest BCUT2D eigenvalue weighted by Crippen LogP contribution is -2.32. The number of carbonyl (C=O) groups is 1. The lowest BCUT2D eigenvalue weighted by Gasteiger charge is -2.13. The molecule has 1 atom stereocenters. The summed E-state index contributed by atoms with van der Waals surface area (Å²) in [4.78, 5) is 10.7. The molecular formula is C7H12NO4S-. The zero-order chi connectivity index (χ0) is 10.5. The molecule has 0 aromatic carbocycles. The van der Waals surface area contributed by atoms with Crippen LogP contribution in [0.4, 0.5) is 0 Å². The molecule has 0 radical (unpaired) electrons. The minimum Gasteiger partial charge on any atom is -0.748 e. The first kappa shape index (κ1) is 12.1. The summed E-state index contributed by atoms with van der Waals surface area (Å²) in [7, 11) is -4.19. The monoisotopic (exact) mass is 206 g/mol. The molecule has 1 unspecified atom stereocenters. The van der Waals surface area contributed by atoms with Gasteiger partial charge in [-0.1, -0.05) is 6.58 Å². The van der Waals surface area contributed by atoms with Crippen LogP contribution in [0, 0.1) is 0 Å². The van der Waals surface area contributed by atoms with Gasteiger partial charge in [-0.25, -0.2) is 8.42 Å². The van der Waals surface area contributed by atoms with E-state index in [1.54, 1.807) is 6.92 Å². The van der Waals surface area contributed by atoms with Crippen molar-refractivity contribution in [3.8, 4) is 0 Å². The summed E-state index contributed by atoms with van der Waals surface area (Å²) < 4.78 is 30.6. The fraction of sp³-hybridized carbons (Fsp3) is 0.571. The molecule has 6 heteroatoms. The van der Waals surface area contributed by atoms with Crippen molar-refractivity contribution in [2.24, 2.45) is 0 Å². The Kier molecular flexibility index (Phi) is 4.64. The molecule has 0 aromatic rings. The first-order chi connectivity index (χ1) is 5.85. The van der Waals surface area contributed by atoms with Crippen molar-refractivity contribution in [2.45, 2.75) is 19.4 Å². The normalized spacial score (nSPS) is 13.4. The standard InChI is InChI=1S/C7H13NO4S/c1-3-7(9)8-6(2)4-5-13(10,11)12/h3,6H,1,4-5H2,2H3,(H,8,9)(H,10,11,12)/p-1. The van der Waals surface area contributed by atoms with Crippen LogP contribution in [0.2, 0.25) is 0 Å². The van der Waals surface area contributed by atoms with Gasteiger partial charge in [-0.15, -0.1) is 0 Å². The van der Waals surface area contributed by atoms with Crippen molar-refractivity contribution in [2.75, 3.05) is 5.75 Å². The highest BCUT2D eigenvalue weighted by Gasteiger charge is 2.05. The highest BCUT2D eigenvalue weighted by Crippen LogP contribution is 1.94. The Bertz CT molecular complexity index is 283. The number of hydrogen-bond donors (Lipinski definition) is 1. The van der Waals surface area contributed by atoms with Crippen LogP contribution in [0.25, 0.3) is 0 Å². The second-order valence-electron chi connectivity index (χ2n) is 2.66. The maximum atomic E-state index is 10.7. The van der Waals surface area contributed by atoms with Crippen molar-refractivity contribution in [1.29, 1.82) is 0 Å². The van der Waals surface area contributed by atoms with E-state index in [-0.39, 0.29) is 18.4 Å². The fourth-order valence-corrected chi connectivity index (χ4v) is 1.34. The number of amides is 1. The zero-order valence-electron chi connectivity index (χ0n) is 7.32. The van der Waals surface area contributed by atoms with Crippen LogP contribution in [0.3, 0.4) is 0 Å². The third-order valence-corrected chi connectivity index (χ3v) is 2.11. The van der Waals surface area contributed by atoms with Gasteiger partial charge in [0.1, 0.15) is 0 Å². The summed E-state index contributed by atoms with van der Waals surface area (Å²) in [5, 5.41) is 2.44. The van der Waals surface area contributed by atoms with Crippen LogP contribution < -0.4 is 5.32 Å². The Morgan fingerprint density at radius 2 is 2.23 bits per heavy atom. The van der Waals surface area contributed by atoms with Crippen molar-refractivity contribution in [3.63, 3.8) is 0 Å². The average Bonchev–Trinajstić information content (AvgIpc) is 1.99. The first-order valence-corrected chi connectivity index (χ1v) is 5.29. The molecule has 0 aliphatic rings. The number of carbonyl (C=O) groups excluding carboxylic acids is 1. The van der Waals surface area contributed by atoms with E-state index in [9.17, 15) is 17.8 Å². The van der Waals surface area contributed by atoms with Crippen molar-refractivity contribution in [1.82, 2.24) is 5.32 Å². The van der Waals surface area contributed by atoms with Crippen molar-refractivity contribution >= 4 is 16.0 Å². The first-order valence-electron chi connectivity index (χ1n) is 3.71. The molecule has 0 bridgehead atoms. The van der Waals surface area contributed by atoms with Crippen LogP contribution in [-0.4, -0.2) is 30.7 Å². The minimum absolute atomic E-state index is 0.116. The number of rotatable bonds is 5. The molecule has 0 aliphatic carbocycles. The van der Waals surface area contributed by atoms with Crippen molar-refractivity contribution < 1.29 is 17.8 Å². The van der Waals surface area contributed by atoms with Gasteiger partial charge in [0, 0.05) is 11.8 Å². The molecule has 1 amide bonds. The zero-order valence-corrected chi connectivity index (χ0v) is 8.13. The molecule has 0 saturated heterocycles. The molecular weight excluding hydrogens is 194 g/mol. The van der Waals surface area contributed by atoms with E-state index in [0.717, 1.165) is 6.08 Å². The molecule has 76 valence electrons. The van der Waals surface area contributed by atoms with E-state index < -0.39 is 15.9 Å². The third kappa shape index (κ3) is 7.48. The highest BCUT2D eigenvalue weighted by atomic mass is 32.2. The number of nitrogens with one attached hydrogen (secondary N) is 1. The lowest BCUT2D eigenvalue weighted by atomic mass is 10.2. The van der Waals surface area contributed by atoms with Gasteiger partial charge < -0.3 is 9.87 Å². The van der Waals surface area contributed by atoms with E-state index >= 15 is 0 Å². The van der Waals surface area contributed by atoms with Gasteiger partial charge in [-0.2, -0.15) is 0 Å². The Hall–Kier alpha value is -0.880. The van der Waals surface area contributed by atoms with Crippen LogP contribution in [0.1, 0.15) is 13.3 Å².